The number of rotatable bonds is 5. The number of amides is 1. The lowest BCUT2D eigenvalue weighted by Crippen LogP contribution is -2.54. The van der Waals surface area contributed by atoms with Crippen LogP contribution in [0.25, 0.3) is 0 Å². The van der Waals surface area contributed by atoms with Gasteiger partial charge < -0.3 is 10.6 Å². The summed E-state index contributed by atoms with van der Waals surface area (Å²) >= 11 is 0. The van der Waals surface area contributed by atoms with Crippen LogP contribution in [0.15, 0.2) is 18.3 Å². The lowest BCUT2D eigenvalue weighted by molar-refractivity contribution is -0.116. The summed E-state index contributed by atoms with van der Waals surface area (Å²) in [6.07, 6.45) is 11.5. The fraction of sp³-hybridized carbons (Fsp3) is 0.684. The van der Waals surface area contributed by atoms with Crippen molar-refractivity contribution in [3.05, 3.63) is 18.3 Å². The van der Waals surface area contributed by atoms with Gasteiger partial charge in [-0.05, 0) is 74.8 Å². The zero-order valence-corrected chi connectivity index (χ0v) is 14.0. The molecule has 1 aromatic rings. The minimum Gasteiger partial charge on any atom is -0.365 e. The van der Waals surface area contributed by atoms with Crippen LogP contribution in [0, 0.1) is 17.8 Å². The van der Waals surface area contributed by atoms with E-state index < -0.39 is 0 Å². The van der Waals surface area contributed by atoms with E-state index >= 15 is 0 Å². The summed E-state index contributed by atoms with van der Waals surface area (Å²) in [6, 6.07) is 3.98. The van der Waals surface area contributed by atoms with Crippen LogP contribution < -0.4 is 10.6 Å². The lowest BCUT2D eigenvalue weighted by atomic mass is 9.53. The van der Waals surface area contributed by atoms with Crippen molar-refractivity contribution in [3.63, 3.8) is 0 Å². The SMILES string of the molecule is CCCC(=O)Nc1ccc(NC23CC4CC(CC(C4)C2)C3)nc1. The Labute approximate surface area is 138 Å². The summed E-state index contributed by atoms with van der Waals surface area (Å²) in [4.78, 5) is 16.2. The van der Waals surface area contributed by atoms with Crippen molar-refractivity contribution in [1.29, 1.82) is 0 Å². The number of pyridine rings is 1. The van der Waals surface area contributed by atoms with Gasteiger partial charge >= 0.3 is 0 Å². The largest absolute Gasteiger partial charge is 0.365 e. The second-order valence-corrected chi connectivity index (χ2v) is 8.05. The lowest BCUT2D eigenvalue weighted by Gasteiger charge is -2.57. The van der Waals surface area contributed by atoms with Crippen LogP contribution in [0.5, 0.6) is 0 Å². The molecule has 0 atom stereocenters. The monoisotopic (exact) mass is 313 g/mol. The van der Waals surface area contributed by atoms with Gasteiger partial charge in [-0.1, -0.05) is 6.92 Å². The predicted octanol–water partition coefficient (Wildman–Crippen LogP) is 4.20. The van der Waals surface area contributed by atoms with Gasteiger partial charge in [0.2, 0.25) is 5.91 Å². The molecule has 1 heterocycles. The Morgan fingerprint density at radius 1 is 1.17 bits per heavy atom. The van der Waals surface area contributed by atoms with Crippen molar-refractivity contribution in [3.8, 4) is 0 Å². The average Bonchev–Trinajstić information content (AvgIpc) is 2.48. The summed E-state index contributed by atoms with van der Waals surface area (Å²) in [5, 5.41) is 6.67. The highest BCUT2D eigenvalue weighted by Crippen LogP contribution is 2.56. The molecule has 4 saturated carbocycles. The van der Waals surface area contributed by atoms with E-state index in [0.29, 0.717) is 6.42 Å². The number of carbonyl (C=O) groups excluding carboxylic acids is 1. The van der Waals surface area contributed by atoms with E-state index in [1.807, 2.05) is 19.1 Å². The van der Waals surface area contributed by atoms with E-state index in [-0.39, 0.29) is 11.4 Å². The Kier molecular flexibility index (Phi) is 3.78. The molecule has 0 aromatic carbocycles. The van der Waals surface area contributed by atoms with Gasteiger partial charge in [0.15, 0.2) is 0 Å². The molecular formula is C19H27N3O. The predicted molar refractivity (Wildman–Crippen MR) is 92.3 cm³/mol. The Hall–Kier alpha value is -1.58. The van der Waals surface area contributed by atoms with Crippen molar-refractivity contribution in [1.82, 2.24) is 4.98 Å². The number of hydrogen-bond donors (Lipinski definition) is 2. The maximum atomic E-state index is 11.6. The highest BCUT2D eigenvalue weighted by atomic mass is 16.1. The summed E-state index contributed by atoms with van der Waals surface area (Å²) in [5.74, 6) is 3.82. The zero-order chi connectivity index (χ0) is 15.9. The Balaban J connectivity index is 1.42. The van der Waals surface area contributed by atoms with Crippen molar-refractivity contribution in [2.24, 2.45) is 17.8 Å². The van der Waals surface area contributed by atoms with Crippen molar-refractivity contribution >= 4 is 17.4 Å². The van der Waals surface area contributed by atoms with Crippen molar-refractivity contribution < 1.29 is 4.79 Å². The highest BCUT2D eigenvalue weighted by Gasteiger charge is 2.50. The van der Waals surface area contributed by atoms with Crippen LogP contribution in [-0.4, -0.2) is 16.4 Å². The van der Waals surface area contributed by atoms with Gasteiger partial charge in [-0.15, -0.1) is 0 Å². The molecular weight excluding hydrogens is 286 g/mol. The van der Waals surface area contributed by atoms with E-state index in [2.05, 4.69) is 15.6 Å². The molecule has 0 radical (unpaired) electrons. The molecule has 4 aliphatic rings. The van der Waals surface area contributed by atoms with E-state index in [1.165, 1.54) is 38.5 Å². The summed E-state index contributed by atoms with van der Waals surface area (Å²) in [6.45, 7) is 2.01. The highest BCUT2D eigenvalue weighted by molar-refractivity contribution is 5.90. The maximum Gasteiger partial charge on any atom is 0.224 e. The normalized spacial score (nSPS) is 34.4. The van der Waals surface area contributed by atoms with Crippen LogP contribution in [0.3, 0.4) is 0 Å². The van der Waals surface area contributed by atoms with Crippen LogP contribution in [-0.2, 0) is 4.79 Å². The number of aromatic nitrogens is 1. The fourth-order valence-corrected chi connectivity index (χ4v) is 5.53. The quantitative estimate of drug-likeness (QED) is 0.856. The third kappa shape index (κ3) is 3.08. The first-order valence-corrected chi connectivity index (χ1v) is 9.18. The molecule has 4 nitrogen and oxygen atoms in total. The first-order chi connectivity index (χ1) is 11.1. The molecule has 4 heteroatoms. The third-order valence-corrected chi connectivity index (χ3v) is 5.96. The van der Waals surface area contributed by atoms with Gasteiger partial charge in [0, 0.05) is 12.0 Å². The van der Waals surface area contributed by atoms with E-state index in [4.69, 9.17) is 0 Å². The third-order valence-electron chi connectivity index (χ3n) is 5.96. The minimum atomic E-state index is 0.0658. The molecule has 0 spiro atoms. The van der Waals surface area contributed by atoms with E-state index in [1.54, 1.807) is 6.20 Å². The first-order valence-electron chi connectivity index (χ1n) is 9.18. The van der Waals surface area contributed by atoms with Crippen LogP contribution in [0.4, 0.5) is 11.5 Å². The van der Waals surface area contributed by atoms with E-state index in [9.17, 15) is 4.79 Å². The molecule has 23 heavy (non-hydrogen) atoms. The Morgan fingerprint density at radius 3 is 2.35 bits per heavy atom. The average molecular weight is 313 g/mol. The van der Waals surface area contributed by atoms with Crippen LogP contribution in [0.2, 0.25) is 0 Å². The second kappa shape index (κ2) is 5.81. The van der Waals surface area contributed by atoms with Gasteiger partial charge in [-0.3, -0.25) is 4.79 Å². The molecule has 1 amide bonds. The number of hydrogen-bond acceptors (Lipinski definition) is 3. The first kappa shape index (κ1) is 15.0. The van der Waals surface area contributed by atoms with Gasteiger partial charge in [0.25, 0.3) is 0 Å². The maximum absolute atomic E-state index is 11.6. The molecule has 124 valence electrons. The summed E-state index contributed by atoms with van der Waals surface area (Å²) in [7, 11) is 0. The number of carbonyl (C=O) groups is 1. The topological polar surface area (TPSA) is 54.0 Å². The number of anilines is 2. The van der Waals surface area contributed by atoms with Gasteiger partial charge in [0.05, 0.1) is 11.9 Å². The van der Waals surface area contributed by atoms with Crippen molar-refractivity contribution in [2.45, 2.75) is 63.8 Å². The zero-order valence-electron chi connectivity index (χ0n) is 14.0. The molecule has 0 unspecified atom stereocenters. The van der Waals surface area contributed by atoms with Crippen LogP contribution >= 0.6 is 0 Å². The van der Waals surface area contributed by atoms with Crippen LogP contribution in [0.1, 0.15) is 58.3 Å². The van der Waals surface area contributed by atoms with E-state index in [0.717, 1.165) is 35.7 Å². The standard InChI is InChI=1S/C19H27N3O/c1-2-3-18(23)21-16-4-5-17(20-12-16)22-19-9-13-6-14(10-19)8-15(7-13)11-19/h4-5,12-15H,2-3,6-11H2,1H3,(H,20,22)(H,21,23). The molecule has 0 saturated heterocycles. The second-order valence-electron chi connectivity index (χ2n) is 8.05. The summed E-state index contributed by atoms with van der Waals surface area (Å²) < 4.78 is 0. The molecule has 4 aliphatic carbocycles. The van der Waals surface area contributed by atoms with Crippen molar-refractivity contribution in [2.75, 3.05) is 10.6 Å². The molecule has 5 rings (SSSR count). The van der Waals surface area contributed by atoms with Gasteiger partial charge in [-0.25, -0.2) is 4.98 Å². The Bertz CT molecular complexity index is 545. The minimum absolute atomic E-state index is 0.0658. The van der Waals surface area contributed by atoms with Gasteiger partial charge in [0.1, 0.15) is 5.82 Å². The summed E-state index contributed by atoms with van der Waals surface area (Å²) in [5.41, 5.74) is 1.08. The smallest absolute Gasteiger partial charge is 0.224 e. The molecule has 1 aromatic heterocycles. The molecule has 0 aliphatic heterocycles. The number of nitrogens with zero attached hydrogens (tertiary/aromatic N) is 1. The number of nitrogens with one attached hydrogen (secondary N) is 2. The fourth-order valence-electron chi connectivity index (χ4n) is 5.53. The molecule has 4 bridgehead atoms. The molecule has 2 N–H and O–H groups in total. The van der Waals surface area contributed by atoms with Gasteiger partial charge in [-0.2, -0.15) is 0 Å². The Morgan fingerprint density at radius 2 is 1.83 bits per heavy atom. The molecule has 4 fully saturated rings.